The molecule has 0 unspecified atom stereocenters. The van der Waals surface area contributed by atoms with Crippen LogP contribution in [0.25, 0.3) is 10.4 Å². The van der Waals surface area contributed by atoms with Gasteiger partial charge in [-0.25, -0.2) is 23.1 Å². The van der Waals surface area contributed by atoms with Crippen LogP contribution in [0, 0.1) is 0 Å². The van der Waals surface area contributed by atoms with Crippen LogP contribution in [0.3, 0.4) is 0 Å². The van der Waals surface area contributed by atoms with E-state index in [1.807, 2.05) is 0 Å². The Hall–Kier alpha value is -6.82. The summed E-state index contributed by atoms with van der Waals surface area (Å²) >= 11 is 0. The first-order chi connectivity index (χ1) is 25.1. The van der Waals surface area contributed by atoms with Gasteiger partial charge in [-0.3, -0.25) is 14.9 Å². The first-order valence-corrected chi connectivity index (χ1v) is 17.0. The molecule has 0 saturated carbocycles. The van der Waals surface area contributed by atoms with Gasteiger partial charge in [0.15, 0.2) is 13.2 Å². The number of benzene rings is 4. The molecule has 274 valence electrons. The predicted octanol–water partition coefficient (Wildman–Crippen LogP) is 6.85. The van der Waals surface area contributed by atoms with Crippen molar-refractivity contribution in [2.45, 2.75) is 31.3 Å². The van der Waals surface area contributed by atoms with Crippen molar-refractivity contribution in [1.29, 1.82) is 0 Å². The molecule has 4 aromatic rings. The molecule has 19 heteroatoms. The van der Waals surface area contributed by atoms with E-state index < -0.39 is 52.7 Å². The lowest BCUT2D eigenvalue weighted by Gasteiger charge is -2.20. The molecule has 0 aromatic heterocycles. The third kappa shape index (κ3) is 12.5. The molecule has 0 heterocycles. The van der Waals surface area contributed by atoms with E-state index in [9.17, 15) is 27.6 Å². The summed E-state index contributed by atoms with van der Waals surface area (Å²) in [5, 5.41) is 24.7. The number of azo groups is 1. The van der Waals surface area contributed by atoms with Gasteiger partial charge in [-0.05, 0) is 93.0 Å². The van der Waals surface area contributed by atoms with Crippen LogP contribution in [0.2, 0.25) is 0 Å². The van der Waals surface area contributed by atoms with Crippen LogP contribution in [-0.4, -0.2) is 51.1 Å². The van der Waals surface area contributed by atoms with E-state index in [-0.39, 0.29) is 44.6 Å². The largest absolute Gasteiger partial charge is 0.481 e. The number of hydrogen-bond donors (Lipinski definition) is 4. The van der Waals surface area contributed by atoms with Crippen LogP contribution < -0.4 is 25.8 Å². The molecule has 0 fully saturated rings. The summed E-state index contributed by atoms with van der Waals surface area (Å²) in [6.45, 7) is 3.97. The van der Waals surface area contributed by atoms with Crippen LogP contribution in [0.1, 0.15) is 31.1 Å². The average Bonchev–Trinajstić information content (AvgIpc) is 3.09. The van der Waals surface area contributed by atoms with Gasteiger partial charge in [-0.1, -0.05) is 29.4 Å². The Morgan fingerprint density at radius 2 is 1.43 bits per heavy atom. The number of carbonyl (C=O) groups is 4. The summed E-state index contributed by atoms with van der Waals surface area (Å²) in [6.07, 6.45) is -0.750. The lowest BCUT2D eigenvalue weighted by Crippen LogP contribution is -2.27. The highest BCUT2D eigenvalue weighted by Gasteiger charge is 2.18. The number of amides is 3. The van der Waals surface area contributed by atoms with E-state index in [0.717, 1.165) is 0 Å². The summed E-state index contributed by atoms with van der Waals surface area (Å²) in [6, 6.07) is 21.6. The maximum atomic E-state index is 12.9. The Balaban J connectivity index is 1.48. The SMILES string of the molecule is CC(C)(C)OC(=O)Nc1ccc(N=Nc2ccccc2OCC(=O)Nc2ccc(S(N)(=O)=O)cc2)c(NC(=O)COC(=O)c2ccc(N=[N+]=[N-])cc2)c1. The summed E-state index contributed by atoms with van der Waals surface area (Å²) in [4.78, 5) is 52.9. The van der Waals surface area contributed by atoms with Crippen molar-refractivity contribution in [2.24, 2.45) is 20.5 Å². The second-order valence-corrected chi connectivity index (χ2v) is 13.4. The van der Waals surface area contributed by atoms with E-state index >= 15 is 0 Å². The number of sulfonamides is 1. The van der Waals surface area contributed by atoms with Crippen molar-refractivity contribution in [3.63, 3.8) is 0 Å². The molecule has 0 aliphatic rings. The summed E-state index contributed by atoms with van der Waals surface area (Å²) in [5.74, 6) is -1.92. The molecule has 0 atom stereocenters. The molecular formula is C34H33N9O9S. The highest BCUT2D eigenvalue weighted by atomic mass is 32.2. The maximum absolute atomic E-state index is 12.9. The van der Waals surface area contributed by atoms with E-state index in [1.54, 1.807) is 45.0 Å². The fourth-order valence-corrected chi connectivity index (χ4v) is 4.69. The minimum atomic E-state index is -3.89. The fraction of sp³-hybridized carbons (Fsp3) is 0.176. The summed E-state index contributed by atoms with van der Waals surface area (Å²) in [5.41, 5.74) is 9.14. The quantitative estimate of drug-likeness (QED) is 0.0482. The molecule has 0 saturated heterocycles. The van der Waals surface area contributed by atoms with Crippen LogP contribution in [-0.2, 0) is 29.1 Å². The first kappa shape index (κ1) is 39.0. The molecule has 0 spiro atoms. The Labute approximate surface area is 303 Å². The number of azide groups is 1. The van der Waals surface area contributed by atoms with Gasteiger partial charge in [-0.2, -0.15) is 0 Å². The van der Waals surface area contributed by atoms with Crippen molar-refractivity contribution >= 4 is 68.0 Å². The van der Waals surface area contributed by atoms with Crippen LogP contribution in [0.15, 0.2) is 111 Å². The topological polar surface area (TPSA) is 266 Å². The normalized spacial score (nSPS) is 11.2. The zero-order valence-electron chi connectivity index (χ0n) is 28.5. The molecule has 0 radical (unpaired) electrons. The van der Waals surface area contributed by atoms with Gasteiger partial charge in [0.1, 0.15) is 22.7 Å². The molecule has 4 rings (SSSR count). The number of hydrogen-bond acceptors (Lipinski definition) is 12. The molecule has 0 aliphatic carbocycles. The number of primary sulfonamides is 1. The smallest absolute Gasteiger partial charge is 0.412 e. The number of rotatable bonds is 13. The third-order valence-electron chi connectivity index (χ3n) is 6.47. The highest BCUT2D eigenvalue weighted by molar-refractivity contribution is 7.89. The first-order valence-electron chi connectivity index (χ1n) is 15.4. The van der Waals surface area contributed by atoms with Gasteiger partial charge >= 0.3 is 12.1 Å². The van der Waals surface area contributed by atoms with Crippen molar-refractivity contribution < 1.29 is 41.8 Å². The van der Waals surface area contributed by atoms with Gasteiger partial charge in [-0.15, -0.1) is 10.2 Å². The molecule has 0 bridgehead atoms. The van der Waals surface area contributed by atoms with Crippen molar-refractivity contribution in [1.82, 2.24) is 0 Å². The van der Waals surface area contributed by atoms with Gasteiger partial charge in [0.2, 0.25) is 10.0 Å². The second-order valence-electron chi connectivity index (χ2n) is 11.8. The zero-order valence-corrected chi connectivity index (χ0v) is 29.3. The van der Waals surface area contributed by atoms with E-state index in [2.05, 4.69) is 36.2 Å². The van der Waals surface area contributed by atoms with Crippen LogP contribution in [0.5, 0.6) is 5.75 Å². The molecule has 3 amide bonds. The third-order valence-corrected chi connectivity index (χ3v) is 7.40. The number of ether oxygens (including phenoxy) is 3. The second kappa shape index (κ2) is 17.4. The predicted molar refractivity (Wildman–Crippen MR) is 193 cm³/mol. The minimum absolute atomic E-state index is 0.0771. The van der Waals surface area contributed by atoms with E-state index in [4.69, 9.17) is 24.9 Å². The van der Waals surface area contributed by atoms with Gasteiger partial charge < -0.3 is 24.8 Å². The Morgan fingerprint density at radius 1 is 0.792 bits per heavy atom. The molecule has 4 aromatic carbocycles. The Bertz CT molecular complexity index is 2180. The van der Waals surface area contributed by atoms with Crippen molar-refractivity contribution in [3.8, 4) is 5.75 Å². The van der Waals surface area contributed by atoms with Gasteiger partial charge in [0, 0.05) is 22.0 Å². The van der Waals surface area contributed by atoms with E-state index in [1.165, 1.54) is 66.7 Å². The zero-order chi connectivity index (χ0) is 38.6. The van der Waals surface area contributed by atoms with Gasteiger partial charge in [0.05, 0.1) is 16.1 Å². The number of nitrogens with one attached hydrogen (secondary N) is 3. The van der Waals surface area contributed by atoms with E-state index in [0.29, 0.717) is 5.69 Å². The molecule has 18 nitrogen and oxygen atoms in total. The highest BCUT2D eigenvalue weighted by Crippen LogP contribution is 2.33. The van der Waals surface area contributed by atoms with Crippen molar-refractivity contribution in [3.05, 3.63) is 107 Å². The number of esters is 1. The Kier molecular flexibility index (Phi) is 12.8. The summed E-state index contributed by atoms with van der Waals surface area (Å²) in [7, 11) is -3.89. The standard InChI is InChI=1S/C34H33N9O9S/c1-34(2,3)52-33(47)38-24-14-17-26(28(18-24)39-31(45)20-51-32(46)21-8-10-23(11-9-21)40-43-35)41-42-27-6-4-5-7-29(27)50-19-30(44)37-22-12-15-25(16-13-22)53(36,48)49/h4-18H,19-20H2,1-3H3,(H,37,44)(H,38,47)(H,39,45)(H2,36,48,49). The van der Waals surface area contributed by atoms with Gasteiger partial charge in [0.25, 0.3) is 11.8 Å². The molecule has 5 N–H and O–H groups in total. The molecule has 53 heavy (non-hydrogen) atoms. The van der Waals surface area contributed by atoms with Crippen LogP contribution in [0.4, 0.5) is 38.9 Å². The summed E-state index contributed by atoms with van der Waals surface area (Å²) < 4.78 is 39.0. The number of nitrogens with zero attached hydrogens (tertiary/aromatic N) is 5. The lowest BCUT2D eigenvalue weighted by atomic mass is 10.2. The average molecular weight is 744 g/mol. The lowest BCUT2D eigenvalue weighted by molar-refractivity contribution is -0.119. The number of para-hydroxylation sites is 1. The number of carbonyl (C=O) groups excluding carboxylic acids is 4. The van der Waals surface area contributed by atoms with Crippen molar-refractivity contribution in [2.75, 3.05) is 29.2 Å². The number of nitrogens with two attached hydrogens (primary N) is 1. The monoisotopic (exact) mass is 743 g/mol. The molecule has 0 aliphatic heterocycles. The Morgan fingerprint density at radius 3 is 2.09 bits per heavy atom. The molecular weight excluding hydrogens is 710 g/mol. The van der Waals surface area contributed by atoms with Crippen LogP contribution >= 0.6 is 0 Å². The minimum Gasteiger partial charge on any atom is -0.481 e. The fourth-order valence-electron chi connectivity index (χ4n) is 4.18. The number of anilines is 3. The maximum Gasteiger partial charge on any atom is 0.412 e.